The molecule has 32 heavy (non-hydrogen) atoms. The number of H-pyrrole nitrogens is 1. The summed E-state index contributed by atoms with van der Waals surface area (Å²) in [6.07, 6.45) is 3.07. The fourth-order valence-electron chi connectivity index (χ4n) is 4.05. The highest BCUT2D eigenvalue weighted by Crippen LogP contribution is 2.28. The van der Waals surface area contributed by atoms with Crippen molar-refractivity contribution >= 4 is 33.4 Å². The summed E-state index contributed by atoms with van der Waals surface area (Å²) in [5.41, 5.74) is 3.78. The minimum Gasteiger partial charge on any atom is -0.377 e. The van der Waals surface area contributed by atoms with Crippen LogP contribution < -0.4 is 15.8 Å². The van der Waals surface area contributed by atoms with E-state index >= 15 is 0 Å². The van der Waals surface area contributed by atoms with Gasteiger partial charge in [0, 0.05) is 31.2 Å². The molecular weight excluding hydrogens is 402 g/mol. The Bertz CT molecular complexity index is 1470. The van der Waals surface area contributed by atoms with Gasteiger partial charge in [-0.3, -0.25) is 9.36 Å². The largest absolute Gasteiger partial charge is 0.377 e. The summed E-state index contributed by atoms with van der Waals surface area (Å²) in [5, 5.41) is 5.02. The van der Waals surface area contributed by atoms with Gasteiger partial charge in [0.15, 0.2) is 11.5 Å². The third kappa shape index (κ3) is 3.26. The van der Waals surface area contributed by atoms with Crippen LogP contribution in [0.3, 0.4) is 0 Å². The van der Waals surface area contributed by atoms with Crippen molar-refractivity contribution in [3.05, 3.63) is 83.3 Å². The van der Waals surface area contributed by atoms with Crippen LogP contribution in [0.2, 0.25) is 0 Å². The first-order valence-corrected chi connectivity index (χ1v) is 10.4. The van der Waals surface area contributed by atoms with Gasteiger partial charge in [-0.15, -0.1) is 0 Å². The van der Waals surface area contributed by atoms with E-state index in [-0.39, 0.29) is 11.6 Å². The van der Waals surface area contributed by atoms with Gasteiger partial charge in [0.1, 0.15) is 11.8 Å². The molecule has 1 atom stereocenters. The Hall–Kier alpha value is -4.20. The Balaban J connectivity index is 1.73. The van der Waals surface area contributed by atoms with Crippen LogP contribution in [0.4, 0.5) is 11.5 Å². The van der Waals surface area contributed by atoms with Crippen LogP contribution in [0.5, 0.6) is 0 Å². The van der Waals surface area contributed by atoms with Crippen molar-refractivity contribution in [2.24, 2.45) is 0 Å². The number of rotatable bonds is 5. The monoisotopic (exact) mass is 425 g/mol. The van der Waals surface area contributed by atoms with Crippen LogP contribution in [-0.4, -0.2) is 38.6 Å². The zero-order valence-corrected chi connectivity index (χ0v) is 18.1. The van der Waals surface area contributed by atoms with Gasteiger partial charge in [-0.25, -0.2) is 15.0 Å². The quantitative estimate of drug-likeness (QED) is 0.444. The highest BCUT2D eigenvalue weighted by molar-refractivity contribution is 5.94. The smallest absolute Gasteiger partial charge is 0.265 e. The summed E-state index contributed by atoms with van der Waals surface area (Å²) in [4.78, 5) is 31.7. The summed E-state index contributed by atoms with van der Waals surface area (Å²) in [7, 11) is 3.90. The first kappa shape index (κ1) is 19.7. The molecule has 0 saturated heterocycles. The molecule has 0 radical (unpaired) electrons. The molecule has 2 N–H and O–H groups in total. The highest BCUT2D eigenvalue weighted by atomic mass is 16.1. The fraction of sp³-hybridized carbons (Fsp3) is 0.167. The van der Waals surface area contributed by atoms with Gasteiger partial charge >= 0.3 is 0 Å². The molecule has 160 valence electrons. The lowest BCUT2D eigenvalue weighted by Crippen LogP contribution is -2.27. The van der Waals surface area contributed by atoms with E-state index < -0.39 is 0 Å². The topological polar surface area (TPSA) is 91.7 Å². The van der Waals surface area contributed by atoms with Crippen LogP contribution in [0.15, 0.2) is 72.0 Å². The van der Waals surface area contributed by atoms with Gasteiger partial charge in [-0.05, 0) is 36.6 Å². The van der Waals surface area contributed by atoms with Crippen LogP contribution in [0.25, 0.3) is 27.6 Å². The zero-order chi connectivity index (χ0) is 22.2. The predicted octanol–water partition coefficient (Wildman–Crippen LogP) is 3.90. The van der Waals surface area contributed by atoms with E-state index in [1.807, 2.05) is 74.4 Å². The van der Waals surface area contributed by atoms with Crippen molar-refractivity contribution in [3.63, 3.8) is 0 Å². The number of hydrogen-bond acceptors (Lipinski definition) is 6. The van der Waals surface area contributed by atoms with Gasteiger partial charge in [-0.1, -0.05) is 30.3 Å². The molecule has 0 bridgehead atoms. The van der Waals surface area contributed by atoms with Crippen LogP contribution in [-0.2, 0) is 0 Å². The second kappa shape index (κ2) is 7.81. The first-order valence-electron chi connectivity index (χ1n) is 10.4. The Morgan fingerprint density at radius 2 is 1.84 bits per heavy atom. The molecule has 0 spiro atoms. The number of nitrogens with one attached hydrogen (secondary N) is 2. The van der Waals surface area contributed by atoms with Crippen molar-refractivity contribution < 1.29 is 0 Å². The number of imidazole rings is 1. The van der Waals surface area contributed by atoms with Gasteiger partial charge in [0.05, 0.1) is 17.8 Å². The molecule has 0 aliphatic heterocycles. The summed E-state index contributed by atoms with van der Waals surface area (Å²) < 4.78 is 1.78. The number of benzene rings is 2. The maximum atomic E-state index is 13.9. The first-order chi connectivity index (χ1) is 15.5. The molecule has 0 aliphatic carbocycles. The van der Waals surface area contributed by atoms with Crippen molar-refractivity contribution in [1.29, 1.82) is 0 Å². The van der Waals surface area contributed by atoms with E-state index in [0.29, 0.717) is 16.9 Å². The Kier molecular flexibility index (Phi) is 4.82. The SMILES string of the molecule is CC(Nc1ncnc2nc[nH]c12)c1cc2cccc(N(C)C)c2c(=O)n1-c1ccccc1. The fourth-order valence-corrected chi connectivity index (χ4v) is 4.05. The molecule has 5 rings (SSSR count). The molecule has 5 aromatic rings. The van der Waals surface area contributed by atoms with Crippen molar-refractivity contribution in [3.8, 4) is 5.69 Å². The highest BCUT2D eigenvalue weighted by Gasteiger charge is 2.19. The Morgan fingerprint density at radius 3 is 2.62 bits per heavy atom. The van der Waals surface area contributed by atoms with Gasteiger partial charge in [0.2, 0.25) is 0 Å². The average molecular weight is 425 g/mol. The number of para-hydroxylation sites is 1. The van der Waals surface area contributed by atoms with Gasteiger partial charge in [0.25, 0.3) is 5.56 Å². The van der Waals surface area contributed by atoms with Crippen molar-refractivity contribution in [2.75, 3.05) is 24.3 Å². The third-order valence-corrected chi connectivity index (χ3v) is 5.57. The maximum Gasteiger partial charge on any atom is 0.265 e. The summed E-state index contributed by atoms with van der Waals surface area (Å²) in [6, 6.07) is 17.5. The molecule has 0 amide bonds. The Labute approximate surface area is 184 Å². The number of aromatic nitrogens is 5. The second-order valence-corrected chi connectivity index (χ2v) is 7.87. The molecule has 0 fully saturated rings. The lowest BCUT2D eigenvalue weighted by Gasteiger charge is -2.23. The lowest BCUT2D eigenvalue weighted by atomic mass is 10.1. The van der Waals surface area contributed by atoms with E-state index in [4.69, 9.17) is 0 Å². The number of hydrogen-bond donors (Lipinski definition) is 2. The molecule has 0 saturated carbocycles. The van der Waals surface area contributed by atoms with E-state index in [9.17, 15) is 4.79 Å². The summed E-state index contributed by atoms with van der Waals surface area (Å²) in [6.45, 7) is 2.01. The van der Waals surface area contributed by atoms with Crippen LogP contribution in [0, 0.1) is 0 Å². The number of nitrogens with zero attached hydrogens (tertiary/aromatic N) is 5. The second-order valence-electron chi connectivity index (χ2n) is 7.87. The van der Waals surface area contributed by atoms with Gasteiger partial charge in [-0.2, -0.15) is 0 Å². The number of pyridine rings is 1. The minimum absolute atomic E-state index is 0.0592. The minimum atomic E-state index is -0.225. The number of fused-ring (bicyclic) bond motifs is 2. The average Bonchev–Trinajstić information content (AvgIpc) is 3.29. The maximum absolute atomic E-state index is 13.9. The molecule has 1 unspecified atom stereocenters. The summed E-state index contributed by atoms with van der Waals surface area (Å²) >= 11 is 0. The molecule has 0 aliphatic rings. The standard InChI is InChI=1S/C24H23N7O/c1-15(29-23-21-22(26-13-25-21)27-14-28-23)19-12-16-8-7-11-18(30(2)3)20(16)24(32)31(19)17-9-5-4-6-10-17/h4-15H,1-3H3,(H2,25,26,27,28,29). The van der Waals surface area contributed by atoms with E-state index in [0.717, 1.165) is 28.0 Å². The molecule has 3 heterocycles. The van der Waals surface area contributed by atoms with Crippen LogP contribution >= 0.6 is 0 Å². The molecule has 3 aromatic heterocycles. The lowest BCUT2D eigenvalue weighted by molar-refractivity contribution is 0.774. The number of aromatic amines is 1. The molecular formula is C24H23N7O. The Morgan fingerprint density at radius 1 is 1.03 bits per heavy atom. The van der Waals surface area contributed by atoms with Gasteiger partial charge < -0.3 is 15.2 Å². The molecule has 8 heteroatoms. The predicted molar refractivity (Wildman–Crippen MR) is 128 cm³/mol. The van der Waals surface area contributed by atoms with Crippen molar-refractivity contribution in [1.82, 2.24) is 24.5 Å². The van der Waals surface area contributed by atoms with E-state index in [1.54, 1.807) is 10.9 Å². The third-order valence-electron chi connectivity index (χ3n) is 5.57. The summed E-state index contributed by atoms with van der Waals surface area (Å²) in [5.74, 6) is 0.634. The zero-order valence-electron chi connectivity index (χ0n) is 18.1. The normalized spacial score (nSPS) is 12.2. The molecule has 2 aromatic carbocycles. The molecule has 8 nitrogen and oxygen atoms in total. The van der Waals surface area contributed by atoms with Crippen molar-refractivity contribution in [2.45, 2.75) is 13.0 Å². The van der Waals surface area contributed by atoms with E-state index in [2.05, 4.69) is 31.3 Å². The number of anilines is 2. The van der Waals surface area contributed by atoms with Crippen LogP contribution in [0.1, 0.15) is 18.7 Å². The van der Waals surface area contributed by atoms with E-state index in [1.165, 1.54) is 6.33 Å².